The van der Waals surface area contributed by atoms with E-state index in [0.717, 1.165) is 6.54 Å². The van der Waals surface area contributed by atoms with Crippen LogP contribution in [-0.2, 0) is 0 Å². The maximum Gasteiger partial charge on any atom is 0.00199 e. The molecule has 1 saturated heterocycles. The Bertz CT molecular complexity index is 117. The molecule has 1 atom stereocenters. The molecule has 1 aliphatic rings. The summed E-state index contributed by atoms with van der Waals surface area (Å²) in [5.41, 5.74) is 0.550. The molecule has 0 aliphatic carbocycles. The van der Waals surface area contributed by atoms with Gasteiger partial charge in [0.25, 0.3) is 0 Å². The fourth-order valence-electron chi connectivity index (χ4n) is 2.00. The smallest absolute Gasteiger partial charge is 0.00199 e. The predicted octanol–water partition coefficient (Wildman–Crippen LogP) is 1.38. The molecule has 0 aromatic rings. The van der Waals surface area contributed by atoms with Crippen LogP contribution in [0.15, 0.2) is 0 Å². The molecule has 1 fully saturated rings. The third-order valence-electron chi connectivity index (χ3n) is 3.06. The van der Waals surface area contributed by atoms with Crippen LogP contribution < -0.4 is 10.6 Å². The van der Waals surface area contributed by atoms with E-state index in [-0.39, 0.29) is 0 Å². The first-order chi connectivity index (χ1) is 5.83. The highest BCUT2D eigenvalue weighted by Gasteiger charge is 2.29. The number of hydrogen-bond donors (Lipinski definition) is 2. The third kappa shape index (κ3) is 2.46. The number of nitrogens with one attached hydrogen (secondary N) is 2. The minimum Gasteiger partial charge on any atom is -0.316 e. The van der Waals surface area contributed by atoms with Crippen LogP contribution in [0.5, 0.6) is 0 Å². The van der Waals surface area contributed by atoms with Crippen LogP contribution in [0, 0.1) is 5.41 Å². The largest absolute Gasteiger partial charge is 0.316 e. The van der Waals surface area contributed by atoms with Gasteiger partial charge in [-0.25, -0.2) is 0 Å². The molecule has 1 aliphatic heterocycles. The maximum absolute atomic E-state index is 3.50. The molecule has 2 N–H and O–H groups in total. The van der Waals surface area contributed by atoms with E-state index in [1.165, 1.54) is 38.9 Å². The molecule has 0 saturated carbocycles. The monoisotopic (exact) mass is 170 g/mol. The van der Waals surface area contributed by atoms with Gasteiger partial charge in [-0.2, -0.15) is 0 Å². The summed E-state index contributed by atoms with van der Waals surface area (Å²) < 4.78 is 0. The zero-order valence-electron chi connectivity index (χ0n) is 8.45. The van der Waals surface area contributed by atoms with Gasteiger partial charge in [-0.3, -0.25) is 0 Å². The molecule has 0 aromatic carbocycles. The lowest BCUT2D eigenvalue weighted by atomic mass is 9.78. The summed E-state index contributed by atoms with van der Waals surface area (Å²) in [5, 5.41) is 6.97. The highest BCUT2D eigenvalue weighted by molar-refractivity contribution is 4.85. The van der Waals surface area contributed by atoms with Crippen molar-refractivity contribution in [1.29, 1.82) is 0 Å². The van der Waals surface area contributed by atoms with Crippen molar-refractivity contribution in [3.63, 3.8) is 0 Å². The predicted molar refractivity (Wildman–Crippen MR) is 53.4 cm³/mol. The van der Waals surface area contributed by atoms with Crippen molar-refractivity contribution in [1.82, 2.24) is 10.6 Å². The molecule has 1 rings (SSSR count). The highest BCUT2D eigenvalue weighted by Crippen LogP contribution is 2.28. The zero-order chi connectivity index (χ0) is 8.86. The summed E-state index contributed by atoms with van der Waals surface area (Å²) in [4.78, 5) is 0. The Morgan fingerprint density at radius 3 is 2.75 bits per heavy atom. The van der Waals surface area contributed by atoms with E-state index in [4.69, 9.17) is 0 Å². The van der Waals surface area contributed by atoms with Crippen LogP contribution in [0.2, 0.25) is 0 Å². The van der Waals surface area contributed by atoms with E-state index < -0.39 is 0 Å². The van der Waals surface area contributed by atoms with Gasteiger partial charge in [0.15, 0.2) is 0 Å². The summed E-state index contributed by atoms with van der Waals surface area (Å²) in [6.45, 7) is 9.20. The van der Waals surface area contributed by atoms with Crippen LogP contribution in [0.25, 0.3) is 0 Å². The molecule has 0 aromatic heterocycles. The Balaban J connectivity index is 2.37. The molecule has 0 amide bonds. The minimum absolute atomic E-state index is 0.550. The second-order valence-electron chi connectivity index (χ2n) is 3.91. The molecular weight excluding hydrogens is 148 g/mol. The molecule has 0 radical (unpaired) electrons. The van der Waals surface area contributed by atoms with E-state index in [1.807, 2.05) is 0 Å². The second-order valence-corrected chi connectivity index (χ2v) is 3.91. The molecular formula is C10H22N2. The summed E-state index contributed by atoms with van der Waals surface area (Å²) in [7, 11) is 0. The fourth-order valence-corrected chi connectivity index (χ4v) is 2.00. The lowest BCUT2D eigenvalue weighted by Gasteiger charge is -2.37. The average Bonchev–Trinajstić information content (AvgIpc) is 2.16. The normalized spacial score (nSPS) is 30.5. The van der Waals surface area contributed by atoms with Gasteiger partial charge >= 0.3 is 0 Å². The Morgan fingerprint density at radius 1 is 1.42 bits per heavy atom. The van der Waals surface area contributed by atoms with Gasteiger partial charge in [0.2, 0.25) is 0 Å². The second kappa shape index (κ2) is 4.83. The van der Waals surface area contributed by atoms with E-state index in [0.29, 0.717) is 5.41 Å². The van der Waals surface area contributed by atoms with E-state index in [9.17, 15) is 0 Å². The van der Waals surface area contributed by atoms with Crippen LogP contribution in [0.1, 0.15) is 33.1 Å². The molecule has 2 nitrogen and oxygen atoms in total. The molecule has 1 heterocycles. The maximum atomic E-state index is 3.50. The molecule has 72 valence electrons. The molecule has 1 unspecified atom stereocenters. The standard InChI is InChI=1S/C10H22N2/c1-3-10(8-11-4-2)6-5-7-12-9-10/h11-12H,3-9H2,1-2H3. The SMILES string of the molecule is CCNCC1(CC)CCCNC1. The van der Waals surface area contributed by atoms with Crippen molar-refractivity contribution in [3.8, 4) is 0 Å². The molecule has 2 heteroatoms. The van der Waals surface area contributed by atoms with Crippen molar-refractivity contribution >= 4 is 0 Å². The molecule has 0 bridgehead atoms. The minimum atomic E-state index is 0.550. The van der Waals surface area contributed by atoms with Crippen LogP contribution in [-0.4, -0.2) is 26.2 Å². The number of rotatable bonds is 4. The zero-order valence-corrected chi connectivity index (χ0v) is 8.45. The summed E-state index contributed by atoms with van der Waals surface area (Å²) in [5.74, 6) is 0. The summed E-state index contributed by atoms with van der Waals surface area (Å²) in [6, 6.07) is 0. The summed E-state index contributed by atoms with van der Waals surface area (Å²) >= 11 is 0. The highest BCUT2D eigenvalue weighted by atomic mass is 14.9. The van der Waals surface area contributed by atoms with Crippen LogP contribution >= 0.6 is 0 Å². The lowest BCUT2D eigenvalue weighted by molar-refractivity contribution is 0.194. The Labute approximate surface area is 76.1 Å². The van der Waals surface area contributed by atoms with Crippen molar-refractivity contribution in [3.05, 3.63) is 0 Å². The van der Waals surface area contributed by atoms with Crippen LogP contribution in [0.3, 0.4) is 0 Å². The average molecular weight is 170 g/mol. The fraction of sp³-hybridized carbons (Fsp3) is 1.00. The van der Waals surface area contributed by atoms with E-state index >= 15 is 0 Å². The quantitative estimate of drug-likeness (QED) is 0.666. The Hall–Kier alpha value is -0.0800. The van der Waals surface area contributed by atoms with Crippen LogP contribution in [0.4, 0.5) is 0 Å². The number of piperidine rings is 1. The van der Waals surface area contributed by atoms with Crippen molar-refractivity contribution in [2.75, 3.05) is 26.2 Å². The van der Waals surface area contributed by atoms with Gasteiger partial charge in [0.05, 0.1) is 0 Å². The lowest BCUT2D eigenvalue weighted by Crippen LogP contribution is -2.45. The third-order valence-corrected chi connectivity index (χ3v) is 3.06. The van der Waals surface area contributed by atoms with Crippen molar-refractivity contribution in [2.45, 2.75) is 33.1 Å². The Kier molecular flexibility index (Phi) is 4.02. The topological polar surface area (TPSA) is 24.1 Å². The number of hydrogen-bond acceptors (Lipinski definition) is 2. The molecule has 12 heavy (non-hydrogen) atoms. The van der Waals surface area contributed by atoms with Gasteiger partial charge in [-0.15, -0.1) is 0 Å². The molecule has 0 spiro atoms. The first-order valence-corrected chi connectivity index (χ1v) is 5.24. The Morgan fingerprint density at radius 2 is 2.25 bits per heavy atom. The van der Waals surface area contributed by atoms with E-state index in [1.54, 1.807) is 0 Å². The van der Waals surface area contributed by atoms with Crippen molar-refractivity contribution in [2.24, 2.45) is 5.41 Å². The van der Waals surface area contributed by atoms with E-state index in [2.05, 4.69) is 24.5 Å². The van der Waals surface area contributed by atoms with Gasteiger partial charge in [-0.1, -0.05) is 13.8 Å². The van der Waals surface area contributed by atoms with Crippen molar-refractivity contribution < 1.29 is 0 Å². The van der Waals surface area contributed by atoms with Gasteiger partial charge in [0, 0.05) is 13.1 Å². The summed E-state index contributed by atoms with van der Waals surface area (Å²) in [6.07, 6.45) is 4.04. The van der Waals surface area contributed by atoms with Gasteiger partial charge in [-0.05, 0) is 37.8 Å². The first-order valence-electron chi connectivity index (χ1n) is 5.24. The van der Waals surface area contributed by atoms with Gasteiger partial charge < -0.3 is 10.6 Å². The van der Waals surface area contributed by atoms with Gasteiger partial charge in [0.1, 0.15) is 0 Å². The first kappa shape index (κ1) is 10.0.